The van der Waals surface area contributed by atoms with Crippen LogP contribution in [0.25, 0.3) is 0 Å². The van der Waals surface area contributed by atoms with Crippen molar-refractivity contribution in [1.29, 1.82) is 5.26 Å². The Labute approximate surface area is 145 Å². The molecule has 0 unspecified atom stereocenters. The standard InChI is InChI=1S/C18H19N5O2/c1-11-6-15(20-8-13(11)7-19)16(24)23-9-14-4-3-5-18(14,10-23)17-22-21-12(2)25-17/h6,8,14H,3-5,9-10H2,1-2H3/t14-,18-/m0/s1. The molecule has 1 aliphatic carbocycles. The van der Waals surface area contributed by atoms with E-state index in [-0.39, 0.29) is 11.3 Å². The molecule has 0 spiro atoms. The summed E-state index contributed by atoms with van der Waals surface area (Å²) < 4.78 is 5.74. The molecule has 128 valence electrons. The van der Waals surface area contributed by atoms with E-state index in [0.29, 0.717) is 42.0 Å². The van der Waals surface area contributed by atoms with Crippen LogP contribution in [0, 0.1) is 31.1 Å². The number of hydrogen-bond acceptors (Lipinski definition) is 6. The van der Waals surface area contributed by atoms with Crippen molar-refractivity contribution in [2.45, 2.75) is 38.5 Å². The Morgan fingerprint density at radius 1 is 1.44 bits per heavy atom. The number of rotatable bonds is 2. The van der Waals surface area contributed by atoms with E-state index in [0.717, 1.165) is 24.8 Å². The molecular formula is C18H19N5O2. The number of nitrogens with zero attached hydrogens (tertiary/aromatic N) is 5. The number of fused-ring (bicyclic) bond motifs is 1. The van der Waals surface area contributed by atoms with E-state index in [4.69, 9.17) is 9.68 Å². The van der Waals surface area contributed by atoms with Crippen LogP contribution < -0.4 is 0 Å². The van der Waals surface area contributed by atoms with E-state index in [1.807, 2.05) is 11.8 Å². The molecule has 7 nitrogen and oxygen atoms in total. The minimum atomic E-state index is -0.224. The van der Waals surface area contributed by atoms with Crippen LogP contribution >= 0.6 is 0 Å². The van der Waals surface area contributed by atoms with Gasteiger partial charge in [0.2, 0.25) is 11.8 Å². The summed E-state index contributed by atoms with van der Waals surface area (Å²) in [6.45, 7) is 4.87. The van der Waals surface area contributed by atoms with E-state index < -0.39 is 0 Å². The second-order valence-corrected chi connectivity index (χ2v) is 7.05. The second-order valence-electron chi connectivity index (χ2n) is 7.05. The zero-order valence-electron chi connectivity index (χ0n) is 14.3. The Bertz CT molecular complexity index is 884. The van der Waals surface area contributed by atoms with Crippen LogP contribution in [0.2, 0.25) is 0 Å². The fourth-order valence-electron chi connectivity index (χ4n) is 4.24. The molecule has 2 atom stereocenters. The van der Waals surface area contributed by atoms with Crippen LogP contribution in [-0.2, 0) is 5.41 Å². The second kappa shape index (κ2) is 5.66. The number of carbonyl (C=O) groups is 1. The van der Waals surface area contributed by atoms with Gasteiger partial charge in [-0.2, -0.15) is 5.26 Å². The van der Waals surface area contributed by atoms with Crippen molar-refractivity contribution < 1.29 is 9.21 Å². The molecule has 2 aliphatic rings. The molecule has 2 aromatic rings. The Morgan fingerprint density at radius 2 is 2.28 bits per heavy atom. The van der Waals surface area contributed by atoms with Crippen molar-refractivity contribution in [2.75, 3.05) is 13.1 Å². The number of hydrogen-bond donors (Lipinski definition) is 0. The van der Waals surface area contributed by atoms with E-state index >= 15 is 0 Å². The zero-order chi connectivity index (χ0) is 17.6. The van der Waals surface area contributed by atoms with Crippen LogP contribution in [0.15, 0.2) is 16.7 Å². The number of aryl methyl sites for hydroxylation is 2. The lowest BCUT2D eigenvalue weighted by atomic mass is 9.80. The maximum absolute atomic E-state index is 12.9. The Kier molecular flexibility index (Phi) is 3.57. The minimum Gasteiger partial charge on any atom is -0.425 e. The molecule has 0 bridgehead atoms. The zero-order valence-corrected chi connectivity index (χ0v) is 14.3. The molecule has 1 saturated heterocycles. The first kappa shape index (κ1) is 15.8. The summed E-state index contributed by atoms with van der Waals surface area (Å²) in [6, 6.07) is 3.77. The monoisotopic (exact) mass is 337 g/mol. The molecule has 3 heterocycles. The van der Waals surface area contributed by atoms with Crippen LogP contribution in [0.1, 0.15) is 52.7 Å². The average molecular weight is 337 g/mol. The number of amides is 1. The maximum atomic E-state index is 12.9. The van der Waals surface area contributed by atoms with Crippen LogP contribution in [0.4, 0.5) is 0 Å². The minimum absolute atomic E-state index is 0.0994. The SMILES string of the molecule is Cc1nnc([C@]23CCC[C@H]2CN(C(=O)c2cc(C)c(C#N)cn2)C3)o1. The molecule has 2 aromatic heterocycles. The highest BCUT2D eigenvalue weighted by Crippen LogP contribution is 2.50. The predicted octanol–water partition coefficient (Wildman–Crippen LogP) is 2.15. The number of nitriles is 1. The largest absolute Gasteiger partial charge is 0.425 e. The summed E-state index contributed by atoms with van der Waals surface area (Å²) in [5.74, 6) is 1.46. The first-order valence-electron chi connectivity index (χ1n) is 8.50. The highest BCUT2D eigenvalue weighted by atomic mass is 16.4. The lowest BCUT2D eigenvalue weighted by Crippen LogP contribution is -2.35. The van der Waals surface area contributed by atoms with Gasteiger partial charge >= 0.3 is 0 Å². The van der Waals surface area contributed by atoms with Crippen molar-refractivity contribution in [3.8, 4) is 6.07 Å². The van der Waals surface area contributed by atoms with Crippen molar-refractivity contribution in [1.82, 2.24) is 20.1 Å². The van der Waals surface area contributed by atoms with E-state index in [9.17, 15) is 4.79 Å². The van der Waals surface area contributed by atoms with Gasteiger partial charge in [-0.25, -0.2) is 4.98 Å². The van der Waals surface area contributed by atoms with E-state index in [2.05, 4.69) is 21.3 Å². The van der Waals surface area contributed by atoms with Gasteiger partial charge in [-0.3, -0.25) is 4.79 Å². The third kappa shape index (κ3) is 2.40. The number of aromatic nitrogens is 3. The smallest absolute Gasteiger partial charge is 0.272 e. The van der Waals surface area contributed by atoms with E-state index in [1.165, 1.54) is 6.20 Å². The van der Waals surface area contributed by atoms with Crippen LogP contribution in [0.5, 0.6) is 0 Å². The summed E-state index contributed by atoms with van der Waals surface area (Å²) >= 11 is 0. The molecule has 0 aromatic carbocycles. The quantitative estimate of drug-likeness (QED) is 0.833. The number of carbonyl (C=O) groups excluding carboxylic acids is 1. The molecule has 2 fully saturated rings. The van der Waals surface area contributed by atoms with Gasteiger partial charge in [-0.1, -0.05) is 6.42 Å². The fraction of sp³-hybridized carbons (Fsp3) is 0.500. The maximum Gasteiger partial charge on any atom is 0.272 e. The van der Waals surface area contributed by atoms with Crippen LogP contribution in [0.3, 0.4) is 0 Å². The van der Waals surface area contributed by atoms with Gasteiger partial charge in [0, 0.05) is 26.2 Å². The van der Waals surface area contributed by atoms with Crippen LogP contribution in [-0.4, -0.2) is 39.1 Å². The lowest BCUT2D eigenvalue weighted by Gasteiger charge is -2.24. The Hall–Kier alpha value is -2.75. The first-order valence-corrected chi connectivity index (χ1v) is 8.50. The van der Waals surface area contributed by atoms with Gasteiger partial charge in [0.25, 0.3) is 5.91 Å². The van der Waals surface area contributed by atoms with Gasteiger partial charge < -0.3 is 9.32 Å². The highest BCUT2D eigenvalue weighted by Gasteiger charge is 2.55. The predicted molar refractivity (Wildman–Crippen MR) is 87.6 cm³/mol. The molecule has 1 amide bonds. The molecule has 4 rings (SSSR count). The van der Waals surface area contributed by atoms with E-state index in [1.54, 1.807) is 13.0 Å². The number of pyridine rings is 1. The molecule has 7 heteroatoms. The fourth-order valence-corrected chi connectivity index (χ4v) is 4.24. The summed E-state index contributed by atoms with van der Waals surface area (Å²) in [4.78, 5) is 19.0. The van der Waals surface area contributed by atoms with Crippen molar-refractivity contribution >= 4 is 5.91 Å². The van der Waals surface area contributed by atoms with Crippen molar-refractivity contribution in [2.24, 2.45) is 5.92 Å². The van der Waals surface area contributed by atoms with Gasteiger partial charge in [-0.05, 0) is 37.3 Å². The van der Waals surface area contributed by atoms with Gasteiger partial charge in [0.05, 0.1) is 11.0 Å². The molecule has 0 radical (unpaired) electrons. The summed E-state index contributed by atoms with van der Waals surface area (Å²) in [7, 11) is 0. The van der Waals surface area contributed by atoms with Gasteiger partial charge in [-0.15, -0.1) is 10.2 Å². The number of likely N-dealkylation sites (tertiary alicyclic amines) is 1. The molecular weight excluding hydrogens is 318 g/mol. The molecule has 25 heavy (non-hydrogen) atoms. The Morgan fingerprint density at radius 3 is 2.96 bits per heavy atom. The molecule has 0 N–H and O–H groups in total. The summed E-state index contributed by atoms with van der Waals surface area (Å²) in [6.07, 6.45) is 4.60. The van der Waals surface area contributed by atoms with Crippen molar-refractivity contribution in [3.63, 3.8) is 0 Å². The average Bonchev–Trinajstić information content (AvgIpc) is 3.27. The normalized spacial score (nSPS) is 25.0. The summed E-state index contributed by atoms with van der Waals surface area (Å²) in [5.41, 5.74) is 1.42. The third-order valence-corrected chi connectivity index (χ3v) is 5.56. The third-order valence-electron chi connectivity index (χ3n) is 5.56. The first-order chi connectivity index (χ1) is 12.0. The van der Waals surface area contributed by atoms with Gasteiger partial charge in [0.15, 0.2) is 0 Å². The van der Waals surface area contributed by atoms with Crippen molar-refractivity contribution in [3.05, 3.63) is 40.9 Å². The topological polar surface area (TPSA) is 95.9 Å². The lowest BCUT2D eigenvalue weighted by molar-refractivity contribution is 0.0769. The van der Waals surface area contributed by atoms with Gasteiger partial charge in [0.1, 0.15) is 11.8 Å². The molecule has 1 aliphatic heterocycles. The summed E-state index contributed by atoms with van der Waals surface area (Å²) in [5, 5.41) is 17.3. The Balaban J connectivity index is 1.62. The molecule has 1 saturated carbocycles. The highest BCUT2D eigenvalue weighted by molar-refractivity contribution is 5.93.